The zero-order valence-electron chi connectivity index (χ0n) is 12.2. The standard InChI is InChI=1S/C14H24N2O3S/c1-3-15-13-9-5-6-10-14(13)20(18,19)16(2)11-7-4-8-12-17/h5-6,9-10,15,17H,3-4,7-8,11-12H2,1-2H3. The molecule has 1 aromatic rings. The van der Waals surface area contributed by atoms with Crippen molar-refractivity contribution in [1.82, 2.24) is 4.31 Å². The number of rotatable bonds is 9. The molecule has 1 aromatic carbocycles. The lowest BCUT2D eigenvalue weighted by Gasteiger charge is -2.19. The normalized spacial score (nSPS) is 11.8. The number of aliphatic hydroxyl groups excluding tert-OH is 1. The summed E-state index contributed by atoms with van der Waals surface area (Å²) in [5, 5.41) is 11.8. The van der Waals surface area contributed by atoms with Gasteiger partial charge in [-0.2, -0.15) is 0 Å². The minimum atomic E-state index is -3.47. The Kier molecular flexibility index (Phi) is 6.98. The number of hydrogen-bond acceptors (Lipinski definition) is 4. The summed E-state index contributed by atoms with van der Waals surface area (Å²) in [6, 6.07) is 6.94. The maximum Gasteiger partial charge on any atom is 0.244 e. The SMILES string of the molecule is CCNc1ccccc1S(=O)(=O)N(C)CCCCCO. The minimum Gasteiger partial charge on any atom is -0.396 e. The van der Waals surface area contributed by atoms with Crippen LogP contribution >= 0.6 is 0 Å². The second kappa shape index (κ2) is 8.24. The highest BCUT2D eigenvalue weighted by molar-refractivity contribution is 7.89. The lowest BCUT2D eigenvalue weighted by molar-refractivity contribution is 0.281. The Bertz CT molecular complexity index is 503. The number of aliphatic hydroxyl groups is 1. The highest BCUT2D eigenvalue weighted by Crippen LogP contribution is 2.23. The summed E-state index contributed by atoms with van der Waals surface area (Å²) in [6.07, 6.45) is 2.28. The first kappa shape index (κ1) is 16.9. The van der Waals surface area contributed by atoms with E-state index in [1.165, 1.54) is 4.31 Å². The minimum absolute atomic E-state index is 0.152. The van der Waals surface area contributed by atoms with Crippen molar-refractivity contribution in [3.8, 4) is 0 Å². The second-order valence-corrected chi connectivity index (χ2v) is 6.65. The number of nitrogens with zero attached hydrogens (tertiary/aromatic N) is 1. The van der Waals surface area contributed by atoms with Gasteiger partial charge >= 0.3 is 0 Å². The summed E-state index contributed by atoms with van der Waals surface area (Å²) < 4.78 is 26.4. The van der Waals surface area contributed by atoms with E-state index in [1.54, 1.807) is 25.2 Å². The lowest BCUT2D eigenvalue weighted by atomic mass is 10.2. The Balaban J connectivity index is 2.82. The molecule has 0 aliphatic rings. The van der Waals surface area contributed by atoms with E-state index in [0.717, 1.165) is 12.8 Å². The van der Waals surface area contributed by atoms with Gasteiger partial charge in [0, 0.05) is 26.7 Å². The first-order valence-electron chi connectivity index (χ1n) is 6.94. The van der Waals surface area contributed by atoms with Crippen molar-refractivity contribution in [3.63, 3.8) is 0 Å². The average Bonchev–Trinajstić information content (AvgIpc) is 2.44. The third-order valence-electron chi connectivity index (χ3n) is 3.07. The maximum atomic E-state index is 12.5. The van der Waals surface area contributed by atoms with E-state index in [-0.39, 0.29) is 6.61 Å². The summed E-state index contributed by atoms with van der Waals surface area (Å²) in [5.74, 6) is 0. The van der Waals surface area contributed by atoms with Crippen LogP contribution in [0.25, 0.3) is 0 Å². The van der Waals surface area contributed by atoms with Crippen molar-refractivity contribution in [1.29, 1.82) is 0 Å². The molecule has 2 N–H and O–H groups in total. The molecule has 0 bridgehead atoms. The lowest BCUT2D eigenvalue weighted by Crippen LogP contribution is -2.28. The van der Waals surface area contributed by atoms with Gasteiger partial charge in [-0.15, -0.1) is 0 Å². The number of anilines is 1. The van der Waals surface area contributed by atoms with Crippen molar-refractivity contribution in [2.24, 2.45) is 0 Å². The van der Waals surface area contributed by atoms with Crippen molar-refractivity contribution in [3.05, 3.63) is 24.3 Å². The third-order valence-corrected chi connectivity index (χ3v) is 4.99. The number of unbranched alkanes of at least 4 members (excludes halogenated alkanes) is 2. The van der Waals surface area contributed by atoms with Crippen molar-refractivity contribution < 1.29 is 13.5 Å². The maximum absolute atomic E-state index is 12.5. The third kappa shape index (κ3) is 4.47. The van der Waals surface area contributed by atoms with Gasteiger partial charge in [-0.1, -0.05) is 12.1 Å². The number of benzene rings is 1. The van der Waals surface area contributed by atoms with Gasteiger partial charge in [-0.25, -0.2) is 12.7 Å². The fourth-order valence-electron chi connectivity index (χ4n) is 1.94. The summed E-state index contributed by atoms with van der Waals surface area (Å²) in [4.78, 5) is 0.312. The molecular weight excluding hydrogens is 276 g/mol. The van der Waals surface area contributed by atoms with Crippen molar-refractivity contribution in [2.75, 3.05) is 32.1 Å². The van der Waals surface area contributed by atoms with E-state index in [0.29, 0.717) is 30.1 Å². The zero-order chi connectivity index (χ0) is 15.0. The van der Waals surface area contributed by atoms with E-state index in [4.69, 9.17) is 5.11 Å². The molecule has 0 amide bonds. The fraction of sp³-hybridized carbons (Fsp3) is 0.571. The molecule has 0 aliphatic carbocycles. The van der Waals surface area contributed by atoms with Crippen LogP contribution in [0.4, 0.5) is 5.69 Å². The Hall–Kier alpha value is -1.11. The summed E-state index contributed by atoms with van der Waals surface area (Å²) in [5.41, 5.74) is 0.636. The summed E-state index contributed by atoms with van der Waals surface area (Å²) >= 11 is 0. The molecule has 5 nitrogen and oxygen atoms in total. The monoisotopic (exact) mass is 300 g/mol. The molecule has 0 saturated heterocycles. The molecule has 0 atom stereocenters. The molecule has 0 fully saturated rings. The van der Waals surface area contributed by atoms with Gasteiger partial charge in [0.1, 0.15) is 4.90 Å². The number of sulfonamides is 1. The predicted molar refractivity (Wildman–Crippen MR) is 81.4 cm³/mol. The van der Waals surface area contributed by atoms with E-state index < -0.39 is 10.0 Å². The van der Waals surface area contributed by atoms with Gasteiger partial charge in [-0.05, 0) is 38.3 Å². The molecular formula is C14H24N2O3S. The topological polar surface area (TPSA) is 69.6 Å². The van der Waals surface area contributed by atoms with Gasteiger partial charge in [0.05, 0.1) is 5.69 Å². The van der Waals surface area contributed by atoms with Gasteiger partial charge in [0.25, 0.3) is 0 Å². The quantitative estimate of drug-likeness (QED) is 0.683. The van der Waals surface area contributed by atoms with Crippen LogP contribution in [-0.2, 0) is 10.0 Å². The Morgan fingerprint density at radius 3 is 2.55 bits per heavy atom. The Morgan fingerprint density at radius 1 is 1.20 bits per heavy atom. The van der Waals surface area contributed by atoms with Crippen LogP contribution < -0.4 is 5.32 Å². The second-order valence-electron chi connectivity index (χ2n) is 4.64. The van der Waals surface area contributed by atoms with E-state index in [1.807, 2.05) is 13.0 Å². The molecule has 1 rings (SSSR count). The van der Waals surface area contributed by atoms with E-state index in [2.05, 4.69) is 5.32 Å². The molecule has 20 heavy (non-hydrogen) atoms. The number of para-hydroxylation sites is 1. The van der Waals surface area contributed by atoms with Crippen LogP contribution in [0.1, 0.15) is 26.2 Å². The van der Waals surface area contributed by atoms with Crippen LogP contribution in [0.15, 0.2) is 29.2 Å². The van der Waals surface area contributed by atoms with Crippen LogP contribution in [-0.4, -0.2) is 44.6 Å². The molecule has 6 heteroatoms. The Labute approximate surface area is 121 Å². The molecule has 0 aliphatic heterocycles. The van der Waals surface area contributed by atoms with E-state index in [9.17, 15) is 8.42 Å². The first-order chi connectivity index (χ1) is 9.54. The van der Waals surface area contributed by atoms with Crippen molar-refractivity contribution in [2.45, 2.75) is 31.1 Å². The van der Waals surface area contributed by atoms with Crippen LogP contribution in [0.3, 0.4) is 0 Å². The average molecular weight is 300 g/mol. The molecule has 0 heterocycles. The van der Waals surface area contributed by atoms with Crippen LogP contribution in [0.2, 0.25) is 0 Å². The van der Waals surface area contributed by atoms with Gasteiger partial charge in [0.15, 0.2) is 0 Å². The number of hydrogen-bond donors (Lipinski definition) is 2. The highest BCUT2D eigenvalue weighted by Gasteiger charge is 2.23. The van der Waals surface area contributed by atoms with Crippen LogP contribution in [0.5, 0.6) is 0 Å². The molecule has 0 radical (unpaired) electrons. The molecule has 0 spiro atoms. The molecule has 0 aromatic heterocycles. The Morgan fingerprint density at radius 2 is 1.90 bits per heavy atom. The number of nitrogens with one attached hydrogen (secondary N) is 1. The smallest absolute Gasteiger partial charge is 0.244 e. The van der Waals surface area contributed by atoms with E-state index >= 15 is 0 Å². The van der Waals surface area contributed by atoms with Crippen molar-refractivity contribution >= 4 is 15.7 Å². The molecule has 114 valence electrons. The largest absolute Gasteiger partial charge is 0.396 e. The zero-order valence-corrected chi connectivity index (χ0v) is 13.0. The summed E-state index contributed by atoms with van der Waals surface area (Å²) in [6.45, 7) is 3.22. The fourth-order valence-corrected chi connectivity index (χ4v) is 3.31. The molecule has 0 saturated carbocycles. The highest BCUT2D eigenvalue weighted by atomic mass is 32.2. The summed E-state index contributed by atoms with van der Waals surface area (Å²) in [7, 11) is -1.88. The van der Waals surface area contributed by atoms with Gasteiger partial charge < -0.3 is 10.4 Å². The van der Waals surface area contributed by atoms with Gasteiger partial charge in [-0.3, -0.25) is 0 Å². The van der Waals surface area contributed by atoms with Gasteiger partial charge in [0.2, 0.25) is 10.0 Å². The first-order valence-corrected chi connectivity index (χ1v) is 8.38. The van der Waals surface area contributed by atoms with Crippen LogP contribution in [0, 0.1) is 0 Å². The molecule has 0 unspecified atom stereocenters. The predicted octanol–water partition coefficient (Wildman–Crippen LogP) is 1.90.